The van der Waals surface area contributed by atoms with E-state index in [1.54, 1.807) is 0 Å². The van der Waals surface area contributed by atoms with Crippen molar-refractivity contribution >= 4 is 12.3 Å². The number of hydrogen-bond acceptors (Lipinski definition) is 4. The van der Waals surface area contributed by atoms with E-state index in [0.29, 0.717) is 6.29 Å². The molecule has 2 N–H and O–H groups in total. The van der Waals surface area contributed by atoms with Crippen molar-refractivity contribution in [2.24, 2.45) is 0 Å². The monoisotopic (exact) mass is 242 g/mol. The van der Waals surface area contributed by atoms with Gasteiger partial charge in [0.05, 0.1) is 0 Å². The molecule has 0 bridgehead atoms. The SMILES string of the molecule is CC(O)(COc1ccc(C=O)cc1F)C(=O)O. The summed E-state index contributed by atoms with van der Waals surface area (Å²) in [5.74, 6) is -2.49. The summed E-state index contributed by atoms with van der Waals surface area (Å²) in [7, 11) is 0. The van der Waals surface area contributed by atoms with Gasteiger partial charge in [-0.3, -0.25) is 4.79 Å². The number of rotatable bonds is 5. The van der Waals surface area contributed by atoms with Crippen molar-refractivity contribution in [1.29, 1.82) is 0 Å². The fourth-order valence-corrected chi connectivity index (χ4v) is 0.987. The highest BCUT2D eigenvalue weighted by Gasteiger charge is 2.31. The highest BCUT2D eigenvalue weighted by atomic mass is 19.1. The van der Waals surface area contributed by atoms with Crippen LogP contribution in [-0.4, -0.2) is 34.7 Å². The number of carboxylic acid groups (broad SMARTS) is 1. The molecule has 1 unspecified atom stereocenters. The predicted octanol–water partition coefficient (Wildman–Crippen LogP) is 0.853. The standard InChI is InChI=1S/C11H11FO5/c1-11(16,10(14)15)6-17-9-3-2-7(5-13)4-8(9)12/h2-5,16H,6H2,1H3,(H,14,15). The minimum absolute atomic E-state index is 0.139. The van der Waals surface area contributed by atoms with Gasteiger partial charge in [-0.25, -0.2) is 9.18 Å². The van der Waals surface area contributed by atoms with Gasteiger partial charge in [0, 0.05) is 5.56 Å². The Bertz CT molecular complexity index is 441. The lowest BCUT2D eigenvalue weighted by molar-refractivity contribution is -0.159. The topological polar surface area (TPSA) is 83.8 Å². The van der Waals surface area contributed by atoms with Crippen LogP contribution in [0.15, 0.2) is 18.2 Å². The summed E-state index contributed by atoms with van der Waals surface area (Å²) in [4.78, 5) is 20.9. The predicted molar refractivity (Wildman–Crippen MR) is 55.5 cm³/mol. The van der Waals surface area contributed by atoms with Crippen molar-refractivity contribution in [3.63, 3.8) is 0 Å². The minimum Gasteiger partial charge on any atom is -0.487 e. The van der Waals surface area contributed by atoms with E-state index in [1.807, 2.05) is 0 Å². The van der Waals surface area contributed by atoms with Crippen LogP contribution in [0.4, 0.5) is 4.39 Å². The van der Waals surface area contributed by atoms with Gasteiger partial charge in [-0.15, -0.1) is 0 Å². The quantitative estimate of drug-likeness (QED) is 0.748. The molecule has 1 rings (SSSR count). The van der Waals surface area contributed by atoms with Crippen LogP contribution in [0.1, 0.15) is 17.3 Å². The van der Waals surface area contributed by atoms with Gasteiger partial charge in [0.2, 0.25) is 0 Å². The minimum atomic E-state index is -2.10. The lowest BCUT2D eigenvalue weighted by Gasteiger charge is -2.18. The Balaban J connectivity index is 2.76. The molecule has 17 heavy (non-hydrogen) atoms. The zero-order valence-electron chi connectivity index (χ0n) is 9.01. The number of carbonyl (C=O) groups is 2. The van der Waals surface area contributed by atoms with Crippen LogP contribution in [0.2, 0.25) is 0 Å². The average Bonchev–Trinajstić information content (AvgIpc) is 2.27. The van der Waals surface area contributed by atoms with E-state index in [-0.39, 0.29) is 11.3 Å². The van der Waals surface area contributed by atoms with Crippen LogP contribution in [0, 0.1) is 5.82 Å². The molecule has 0 radical (unpaired) electrons. The fourth-order valence-electron chi connectivity index (χ4n) is 0.987. The third-order valence-electron chi connectivity index (χ3n) is 2.06. The van der Waals surface area contributed by atoms with Gasteiger partial charge in [-0.05, 0) is 25.1 Å². The van der Waals surface area contributed by atoms with Crippen LogP contribution < -0.4 is 4.74 Å². The molecule has 5 nitrogen and oxygen atoms in total. The normalized spacial score (nSPS) is 13.8. The number of hydrogen-bond donors (Lipinski definition) is 2. The molecule has 92 valence electrons. The summed E-state index contributed by atoms with van der Waals surface area (Å²) >= 11 is 0. The van der Waals surface area contributed by atoms with Gasteiger partial charge < -0.3 is 14.9 Å². The van der Waals surface area contributed by atoms with Crippen molar-refractivity contribution in [2.45, 2.75) is 12.5 Å². The summed E-state index contributed by atoms with van der Waals surface area (Å²) < 4.78 is 18.1. The van der Waals surface area contributed by atoms with Crippen LogP contribution >= 0.6 is 0 Å². The molecule has 0 saturated carbocycles. The molecule has 0 aromatic heterocycles. The first kappa shape index (κ1) is 13.1. The first-order chi connectivity index (χ1) is 7.86. The van der Waals surface area contributed by atoms with Gasteiger partial charge in [0.15, 0.2) is 17.2 Å². The number of aliphatic hydroxyl groups is 1. The summed E-state index contributed by atoms with van der Waals surface area (Å²) in [6, 6.07) is 3.47. The largest absolute Gasteiger partial charge is 0.487 e. The number of carbonyl (C=O) groups excluding carboxylic acids is 1. The van der Waals surface area contributed by atoms with Gasteiger partial charge in [0.25, 0.3) is 0 Å². The Morgan fingerprint density at radius 3 is 2.71 bits per heavy atom. The van der Waals surface area contributed by atoms with Gasteiger partial charge in [0.1, 0.15) is 12.9 Å². The van der Waals surface area contributed by atoms with Gasteiger partial charge in [-0.1, -0.05) is 0 Å². The highest BCUT2D eigenvalue weighted by Crippen LogP contribution is 2.19. The molecule has 1 aromatic rings. The Kier molecular flexibility index (Phi) is 3.80. The van der Waals surface area contributed by atoms with E-state index in [9.17, 15) is 19.1 Å². The Labute approximate surface area is 96.4 Å². The second-order valence-electron chi connectivity index (χ2n) is 3.68. The molecule has 0 aliphatic heterocycles. The molecular weight excluding hydrogens is 231 g/mol. The van der Waals surface area contributed by atoms with E-state index in [2.05, 4.69) is 0 Å². The van der Waals surface area contributed by atoms with Gasteiger partial charge in [-0.2, -0.15) is 0 Å². The Hall–Kier alpha value is -1.95. The Morgan fingerprint density at radius 1 is 1.59 bits per heavy atom. The van der Waals surface area contributed by atoms with E-state index < -0.39 is 24.0 Å². The molecule has 0 amide bonds. The van der Waals surface area contributed by atoms with Crippen LogP contribution in [0.5, 0.6) is 5.75 Å². The van der Waals surface area contributed by atoms with Crippen molar-refractivity contribution in [2.75, 3.05) is 6.61 Å². The summed E-state index contributed by atoms with van der Waals surface area (Å²) in [5, 5.41) is 17.9. The van der Waals surface area contributed by atoms with Crippen LogP contribution in [0.25, 0.3) is 0 Å². The Morgan fingerprint density at radius 2 is 2.24 bits per heavy atom. The molecule has 0 aliphatic rings. The zero-order valence-corrected chi connectivity index (χ0v) is 9.01. The number of carboxylic acids is 1. The smallest absolute Gasteiger partial charge is 0.339 e. The fraction of sp³-hybridized carbons (Fsp3) is 0.273. The first-order valence-corrected chi connectivity index (χ1v) is 4.70. The maximum absolute atomic E-state index is 13.3. The van der Waals surface area contributed by atoms with Crippen molar-refractivity contribution in [3.05, 3.63) is 29.6 Å². The number of aliphatic carboxylic acids is 1. The second-order valence-corrected chi connectivity index (χ2v) is 3.68. The molecule has 0 aliphatic carbocycles. The maximum Gasteiger partial charge on any atom is 0.339 e. The van der Waals surface area contributed by atoms with Crippen molar-refractivity contribution in [1.82, 2.24) is 0 Å². The summed E-state index contributed by atoms with van der Waals surface area (Å²) in [6.07, 6.45) is 0.472. The van der Waals surface area contributed by atoms with Crippen LogP contribution in [0.3, 0.4) is 0 Å². The number of halogens is 1. The van der Waals surface area contributed by atoms with Gasteiger partial charge >= 0.3 is 5.97 Å². The highest BCUT2D eigenvalue weighted by molar-refractivity contribution is 5.76. The molecule has 0 saturated heterocycles. The lowest BCUT2D eigenvalue weighted by Crippen LogP contribution is -2.41. The van der Waals surface area contributed by atoms with E-state index >= 15 is 0 Å². The van der Waals surface area contributed by atoms with Crippen LogP contribution in [-0.2, 0) is 4.79 Å². The summed E-state index contributed by atoms with van der Waals surface area (Å²) in [5.41, 5.74) is -1.96. The summed E-state index contributed by atoms with van der Waals surface area (Å²) in [6.45, 7) is 0.437. The molecular formula is C11H11FO5. The molecule has 1 aromatic carbocycles. The first-order valence-electron chi connectivity index (χ1n) is 4.70. The van der Waals surface area contributed by atoms with E-state index in [0.717, 1.165) is 13.0 Å². The van der Waals surface area contributed by atoms with E-state index in [1.165, 1.54) is 12.1 Å². The maximum atomic E-state index is 13.3. The lowest BCUT2D eigenvalue weighted by atomic mass is 10.1. The molecule has 0 fully saturated rings. The number of aldehydes is 1. The zero-order chi connectivity index (χ0) is 13.1. The molecule has 1 atom stereocenters. The van der Waals surface area contributed by atoms with Crippen molar-refractivity contribution in [3.8, 4) is 5.75 Å². The third kappa shape index (κ3) is 3.25. The number of benzene rings is 1. The van der Waals surface area contributed by atoms with E-state index in [4.69, 9.17) is 9.84 Å². The molecule has 6 heteroatoms. The third-order valence-corrected chi connectivity index (χ3v) is 2.06. The average molecular weight is 242 g/mol. The second kappa shape index (κ2) is 4.92. The number of ether oxygens (including phenoxy) is 1. The van der Waals surface area contributed by atoms with Crippen molar-refractivity contribution < 1.29 is 28.9 Å². The molecule has 0 spiro atoms. The molecule has 0 heterocycles.